The van der Waals surface area contributed by atoms with Crippen LogP contribution in [0.1, 0.15) is 24.6 Å². The van der Waals surface area contributed by atoms with Crippen LogP contribution in [0.4, 0.5) is 19.1 Å². The van der Waals surface area contributed by atoms with Crippen molar-refractivity contribution in [3.63, 3.8) is 0 Å². The largest absolute Gasteiger partial charge is 0.471 e. The molecule has 0 saturated carbocycles. The number of alkyl halides is 3. The number of anilines is 1. The summed E-state index contributed by atoms with van der Waals surface area (Å²) in [6.45, 7) is 1.85. The summed E-state index contributed by atoms with van der Waals surface area (Å²) in [5.74, 6) is -1.40. The van der Waals surface area contributed by atoms with Crippen molar-refractivity contribution in [3.05, 3.63) is 47.3 Å². The smallest absolute Gasteiger partial charge is 0.346 e. The van der Waals surface area contributed by atoms with Crippen LogP contribution in [0.3, 0.4) is 0 Å². The predicted octanol–water partition coefficient (Wildman–Crippen LogP) is 3.77. The van der Waals surface area contributed by atoms with Gasteiger partial charge in [-0.2, -0.15) is 18.2 Å². The lowest BCUT2D eigenvalue weighted by Crippen LogP contribution is -2.10. The first-order valence-corrected chi connectivity index (χ1v) is 7.32. The van der Waals surface area contributed by atoms with Crippen LogP contribution in [0, 0.1) is 0 Å². The quantitative estimate of drug-likeness (QED) is 0.747. The molecule has 1 N–H and O–H groups in total. The maximum absolute atomic E-state index is 12.5. The third-order valence-electron chi connectivity index (χ3n) is 3.12. The van der Waals surface area contributed by atoms with Crippen LogP contribution in [0.25, 0.3) is 11.4 Å². The Morgan fingerprint density at radius 1 is 1.12 bits per heavy atom. The highest BCUT2D eigenvalue weighted by Crippen LogP contribution is 2.29. The SMILES string of the molecule is CC(Nc1ncc(-c2noc(C(F)(F)F)n2)cn1)c1ccc(Cl)cn1. The van der Waals surface area contributed by atoms with Crippen molar-refractivity contribution in [2.45, 2.75) is 19.1 Å². The molecule has 0 fully saturated rings. The molecule has 3 aromatic rings. The lowest BCUT2D eigenvalue weighted by molar-refractivity contribution is -0.159. The minimum Gasteiger partial charge on any atom is -0.346 e. The summed E-state index contributed by atoms with van der Waals surface area (Å²) in [7, 11) is 0. The van der Waals surface area contributed by atoms with E-state index in [0.29, 0.717) is 5.02 Å². The Kier molecular flexibility index (Phi) is 4.53. The molecule has 25 heavy (non-hydrogen) atoms. The van der Waals surface area contributed by atoms with Crippen LogP contribution in [0.2, 0.25) is 5.02 Å². The second-order valence-corrected chi connectivity index (χ2v) is 5.42. The van der Waals surface area contributed by atoms with Crippen molar-refractivity contribution < 1.29 is 17.7 Å². The lowest BCUT2D eigenvalue weighted by Gasteiger charge is -2.13. The Balaban J connectivity index is 1.72. The van der Waals surface area contributed by atoms with Gasteiger partial charge in [-0.1, -0.05) is 16.8 Å². The normalized spacial score (nSPS) is 12.8. The minimum absolute atomic E-state index is 0.196. The average molecular weight is 371 g/mol. The highest BCUT2D eigenvalue weighted by atomic mass is 35.5. The van der Waals surface area contributed by atoms with Gasteiger partial charge in [0.1, 0.15) is 0 Å². The molecule has 1 atom stereocenters. The zero-order chi connectivity index (χ0) is 18.0. The fourth-order valence-electron chi connectivity index (χ4n) is 1.88. The minimum atomic E-state index is -4.70. The van der Waals surface area contributed by atoms with E-state index in [4.69, 9.17) is 11.6 Å². The van der Waals surface area contributed by atoms with Crippen LogP contribution in [-0.4, -0.2) is 25.1 Å². The van der Waals surface area contributed by atoms with E-state index in [9.17, 15) is 13.2 Å². The van der Waals surface area contributed by atoms with E-state index in [-0.39, 0.29) is 23.4 Å². The number of nitrogens with one attached hydrogen (secondary N) is 1. The third kappa shape index (κ3) is 4.02. The maximum Gasteiger partial charge on any atom is 0.471 e. The summed E-state index contributed by atoms with van der Waals surface area (Å²) < 4.78 is 41.5. The summed E-state index contributed by atoms with van der Waals surface area (Å²) in [5, 5.41) is 6.81. The Morgan fingerprint density at radius 3 is 2.40 bits per heavy atom. The van der Waals surface area contributed by atoms with E-state index in [1.54, 1.807) is 12.1 Å². The van der Waals surface area contributed by atoms with E-state index in [1.165, 1.54) is 18.6 Å². The molecule has 7 nitrogen and oxygen atoms in total. The van der Waals surface area contributed by atoms with Gasteiger partial charge in [0, 0.05) is 18.6 Å². The van der Waals surface area contributed by atoms with Crippen LogP contribution in [0.5, 0.6) is 0 Å². The molecule has 0 aromatic carbocycles. The molecule has 1 unspecified atom stereocenters. The maximum atomic E-state index is 12.5. The molecule has 0 saturated heterocycles. The molecule has 0 aliphatic rings. The highest BCUT2D eigenvalue weighted by molar-refractivity contribution is 6.30. The summed E-state index contributed by atoms with van der Waals surface area (Å²) in [5.41, 5.74) is 0.923. The van der Waals surface area contributed by atoms with Gasteiger partial charge in [-0.25, -0.2) is 9.97 Å². The Morgan fingerprint density at radius 2 is 1.84 bits per heavy atom. The number of hydrogen-bond donors (Lipinski definition) is 1. The fourth-order valence-corrected chi connectivity index (χ4v) is 2.00. The zero-order valence-electron chi connectivity index (χ0n) is 12.6. The number of pyridine rings is 1. The average Bonchev–Trinajstić information content (AvgIpc) is 3.06. The second kappa shape index (κ2) is 6.63. The van der Waals surface area contributed by atoms with Crippen LogP contribution >= 0.6 is 11.6 Å². The highest BCUT2D eigenvalue weighted by Gasteiger charge is 2.38. The van der Waals surface area contributed by atoms with Gasteiger partial charge in [-0.05, 0) is 19.1 Å². The molecule has 0 radical (unpaired) electrons. The molecule has 3 aromatic heterocycles. The molecule has 0 spiro atoms. The van der Waals surface area contributed by atoms with Crippen molar-refractivity contribution in [2.24, 2.45) is 0 Å². The van der Waals surface area contributed by atoms with Gasteiger partial charge in [0.2, 0.25) is 11.8 Å². The van der Waals surface area contributed by atoms with Gasteiger partial charge in [-0.3, -0.25) is 4.98 Å². The fraction of sp³-hybridized carbons (Fsp3) is 0.214. The van der Waals surface area contributed by atoms with Crippen molar-refractivity contribution in [3.8, 4) is 11.4 Å². The summed E-state index contributed by atoms with van der Waals surface area (Å²) in [4.78, 5) is 15.5. The first-order chi connectivity index (χ1) is 11.8. The van der Waals surface area contributed by atoms with Gasteiger partial charge in [0.05, 0.1) is 22.3 Å². The van der Waals surface area contributed by atoms with Gasteiger partial charge < -0.3 is 9.84 Å². The monoisotopic (exact) mass is 370 g/mol. The molecule has 0 aliphatic carbocycles. The standard InChI is InChI=1S/C14H10ClF3N6O/c1-7(10-3-2-9(15)6-19-10)22-13-20-4-8(5-21-13)11-23-12(25-24-11)14(16,17)18/h2-7H,1H3,(H,20,21,22). The third-order valence-corrected chi connectivity index (χ3v) is 3.34. The molecule has 11 heteroatoms. The number of halogens is 4. The second-order valence-electron chi connectivity index (χ2n) is 4.98. The number of rotatable bonds is 4. The van der Waals surface area contributed by atoms with Gasteiger partial charge in [0.25, 0.3) is 0 Å². The van der Waals surface area contributed by atoms with Crippen molar-refractivity contribution in [2.75, 3.05) is 5.32 Å². The molecular weight excluding hydrogens is 361 g/mol. The van der Waals surface area contributed by atoms with Crippen molar-refractivity contribution in [1.82, 2.24) is 25.1 Å². The van der Waals surface area contributed by atoms with E-state index >= 15 is 0 Å². The Labute approximate surface area is 144 Å². The first kappa shape index (κ1) is 17.1. The molecule has 0 amide bonds. The topological polar surface area (TPSA) is 89.6 Å². The first-order valence-electron chi connectivity index (χ1n) is 6.94. The van der Waals surface area contributed by atoms with E-state index in [2.05, 4.69) is 34.9 Å². The summed E-state index contributed by atoms with van der Waals surface area (Å²) >= 11 is 5.78. The van der Waals surface area contributed by atoms with Gasteiger partial charge in [0.15, 0.2) is 0 Å². The number of hydrogen-bond acceptors (Lipinski definition) is 7. The molecule has 0 aliphatic heterocycles. The number of aromatic nitrogens is 5. The van der Waals surface area contributed by atoms with E-state index in [0.717, 1.165) is 5.69 Å². The zero-order valence-corrected chi connectivity index (χ0v) is 13.4. The predicted molar refractivity (Wildman–Crippen MR) is 81.6 cm³/mol. The summed E-state index contributed by atoms with van der Waals surface area (Å²) in [6, 6.07) is 3.26. The van der Waals surface area contributed by atoms with Crippen LogP contribution < -0.4 is 5.32 Å². The lowest BCUT2D eigenvalue weighted by atomic mass is 10.2. The van der Waals surface area contributed by atoms with E-state index in [1.807, 2.05) is 6.92 Å². The molecule has 130 valence electrons. The van der Waals surface area contributed by atoms with Crippen LogP contribution in [-0.2, 0) is 6.18 Å². The number of nitrogens with zero attached hydrogens (tertiary/aromatic N) is 5. The van der Waals surface area contributed by atoms with Crippen LogP contribution in [0.15, 0.2) is 35.2 Å². The summed E-state index contributed by atoms with van der Waals surface area (Å²) in [6.07, 6.45) is -0.590. The Bertz CT molecular complexity index is 850. The van der Waals surface area contributed by atoms with Crippen molar-refractivity contribution in [1.29, 1.82) is 0 Å². The molecule has 3 heterocycles. The van der Waals surface area contributed by atoms with Crippen molar-refractivity contribution >= 4 is 17.5 Å². The molecule has 3 rings (SSSR count). The van der Waals surface area contributed by atoms with Gasteiger partial charge >= 0.3 is 12.1 Å². The molecular formula is C14H10ClF3N6O. The van der Waals surface area contributed by atoms with E-state index < -0.39 is 12.1 Å². The molecule has 0 bridgehead atoms. The Hall–Kier alpha value is -2.75. The van der Waals surface area contributed by atoms with Gasteiger partial charge in [-0.15, -0.1) is 0 Å².